The van der Waals surface area contributed by atoms with Crippen molar-refractivity contribution in [2.45, 2.75) is 59.8 Å². The van der Waals surface area contributed by atoms with Crippen molar-refractivity contribution in [3.05, 3.63) is 23.8 Å². The third kappa shape index (κ3) is 1.67. The summed E-state index contributed by atoms with van der Waals surface area (Å²) >= 11 is 0. The van der Waals surface area contributed by atoms with E-state index in [0.29, 0.717) is 10.8 Å². The zero-order valence-corrected chi connectivity index (χ0v) is 11.4. The van der Waals surface area contributed by atoms with Gasteiger partial charge >= 0.3 is 0 Å². The number of fused-ring (bicyclic) bond motifs is 1. The van der Waals surface area contributed by atoms with Crippen molar-refractivity contribution in [1.29, 1.82) is 0 Å². The Bertz CT molecular complexity index is 332. The highest BCUT2D eigenvalue weighted by Crippen LogP contribution is 2.59. The zero-order valence-electron chi connectivity index (χ0n) is 11.4. The van der Waals surface area contributed by atoms with Crippen LogP contribution in [0.2, 0.25) is 0 Å². The minimum absolute atomic E-state index is 0.424. The van der Waals surface area contributed by atoms with E-state index in [4.69, 9.17) is 0 Å². The van der Waals surface area contributed by atoms with Crippen LogP contribution in [-0.2, 0) is 0 Å². The molecule has 0 aromatic rings. The van der Waals surface area contributed by atoms with E-state index < -0.39 is 0 Å². The summed E-state index contributed by atoms with van der Waals surface area (Å²) in [6, 6.07) is 0. The highest BCUT2D eigenvalue weighted by molar-refractivity contribution is 5.25. The maximum absolute atomic E-state index is 4.18. The fourth-order valence-corrected chi connectivity index (χ4v) is 3.67. The van der Waals surface area contributed by atoms with Crippen molar-refractivity contribution in [2.75, 3.05) is 0 Å². The smallest absolute Gasteiger partial charge is 0.00595 e. The molecule has 1 saturated carbocycles. The lowest BCUT2D eigenvalue weighted by atomic mass is 9.51. The van der Waals surface area contributed by atoms with Crippen LogP contribution >= 0.6 is 0 Å². The van der Waals surface area contributed by atoms with Crippen molar-refractivity contribution in [3.63, 3.8) is 0 Å². The van der Waals surface area contributed by atoms with Gasteiger partial charge in [-0.15, -0.1) is 0 Å². The molecule has 0 saturated heterocycles. The number of hydrogen-bond donors (Lipinski definition) is 0. The molecule has 0 aromatic carbocycles. The first kappa shape index (κ1) is 12.0. The van der Waals surface area contributed by atoms with E-state index in [1.807, 2.05) is 0 Å². The lowest BCUT2D eigenvalue weighted by Crippen LogP contribution is -2.43. The molecule has 90 valence electrons. The van der Waals surface area contributed by atoms with Gasteiger partial charge in [0.2, 0.25) is 0 Å². The van der Waals surface area contributed by atoms with Crippen LogP contribution in [0.1, 0.15) is 59.8 Å². The third-order valence-electron chi connectivity index (χ3n) is 5.48. The second-order valence-electron chi connectivity index (χ2n) is 6.77. The molecular formula is C16H26. The molecular weight excluding hydrogens is 192 g/mol. The average Bonchev–Trinajstić information content (AvgIpc) is 2.18. The Morgan fingerprint density at radius 3 is 2.69 bits per heavy atom. The minimum Gasteiger partial charge on any atom is -0.0999 e. The fourth-order valence-electron chi connectivity index (χ4n) is 3.67. The minimum atomic E-state index is 0.424. The molecule has 2 aliphatic rings. The largest absolute Gasteiger partial charge is 0.0999 e. The van der Waals surface area contributed by atoms with E-state index in [9.17, 15) is 0 Å². The van der Waals surface area contributed by atoms with Gasteiger partial charge in [-0.3, -0.25) is 0 Å². The fraction of sp³-hybridized carbons (Fsp3) is 0.750. The first-order chi connectivity index (χ1) is 7.37. The lowest BCUT2D eigenvalue weighted by molar-refractivity contribution is 0.0609. The molecule has 0 heteroatoms. The zero-order chi connectivity index (χ0) is 12.0. The van der Waals surface area contributed by atoms with Gasteiger partial charge in [0, 0.05) is 0 Å². The quantitative estimate of drug-likeness (QED) is 0.536. The summed E-state index contributed by atoms with van der Waals surface area (Å²) < 4.78 is 0. The molecule has 0 aliphatic heterocycles. The summed E-state index contributed by atoms with van der Waals surface area (Å²) in [4.78, 5) is 0. The van der Waals surface area contributed by atoms with Crippen molar-refractivity contribution >= 4 is 0 Å². The van der Waals surface area contributed by atoms with Gasteiger partial charge in [0.05, 0.1) is 0 Å². The second kappa shape index (κ2) is 3.75. The van der Waals surface area contributed by atoms with Gasteiger partial charge in [-0.1, -0.05) is 44.6 Å². The summed E-state index contributed by atoms with van der Waals surface area (Å²) in [6.07, 6.45) is 9.11. The van der Waals surface area contributed by atoms with Crippen molar-refractivity contribution in [3.8, 4) is 0 Å². The van der Waals surface area contributed by atoms with Gasteiger partial charge in [0.15, 0.2) is 0 Å². The van der Waals surface area contributed by atoms with Gasteiger partial charge in [-0.05, 0) is 55.8 Å². The molecule has 0 heterocycles. The predicted molar refractivity (Wildman–Crippen MR) is 71.4 cm³/mol. The summed E-state index contributed by atoms with van der Waals surface area (Å²) in [5.41, 5.74) is 4.01. The molecule has 0 aromatic heterocycles. The van der Waals surface area contributed by atoms with E-state index in [1.165, 1.54) is 37.7 Å². The SMILES string of the molecule is C=C(C)[C@@H]1CCC2=CCCC(C)(C)C2(C)C1. The highest BCUT2D eigenvalue weighted by atomic mass is 14.5. The van der Waals surface area contributed by atoms with E-state index in [0.717, 1.165) is 5.92 Å². The Morgan fingerprint density at radius 2 is 2.06 bits per heavy atom. The summed E-state index contributed by atoms with van der Waals surface area (Å²) in [7, 11) is 0. The monoisotopic (exact) mass is 218 g/mol. The molecule has 1 fully saturated rings. The third-order valence-corrected chi connectivity index (χ3v) is 5.48. The highest BCUT2D eigenvalue weighted by Gasteiger charge is 2.48. The van der Waals surface area contributed by atoms with E-state index in [2.05, 4.69) is 40.3 Å². The summed E-state index contributed by atoms with van der Waals surface area (Å²) in [6.45, 7) is 13.8. The Morgan fingerprint density at radius 1 is 1.38 bits per heavy atom. The standard InChI is InChI=1S/C16H26/c1-12(2)13-8-9-14-7-6-10-15(3,4)16(14,5)11-13/h7,13H,1,6,8-11H2,2-5H3/t13-,16?/m1/s1. The van der Waals surface area contributed by atoms with Gasteiger partial charge < -0.3 is 0 Å². The van der Waals surface area contributed by atoms with E-state index in [-0.39, 0.29) is 0 Å². The summed E-state index contributed by atoms with van der Waals surface area (Å²) in [5, 5.41) is 0. The van der Waals surface area contributed by atoms with Gasteiger partial charge in [0.1, 0.15) is 0 Å². The van der Waals surface area contributed by atoms with Crippen LogP contribution in [-0.4, -0.2) is 0 Å². The topological polar surface area (TPSA) is 0 Å². The van der Waals surface area contributed by atoms with Gasteiger partial charge in [-0.25, -0.2) is 0 Å². The normalized spacial score (nSPS) is 37.5. The number of rotatable bonds is 1. The van der Waals surface area contributed by atoms with Crippen LogP contribution in [0.15, 0.2) is 23.8 Å². The molecule has 2 rings (SSSR count). The van der Waals surface area contributed by atoms with Crippen LogP contribution in [0.25, 0.3) is 0 Å². The molecule has 0 radical (unpaired) electrons. The molecule has 2 aliphatic carbocycles. The Labute approximate surface area is 101 Å². The maximum atomic E-state index is 4.18. The van der Waals surface area contributed by atoms with Crippen LogP contribution in [0.3, 0.4) is 0 Å². The Kier molecular flexibility index (Phi) is 2.80. The second-order valence-corrected chi connectivity index (χ2v) is 6.77. The first-order valence-corrected chi connectivity index (χ1v) is 6.72. The Balaban J connectivity index is 2.32. The first-order valence-electron chi connectivity index (χ1n) is 6.72. The maximum Gasteiger partial charge on any atom is -0.00595 e. The molecule has 0 bridgehead atoms. The molecule has 0 spiro atoms. The van der Waals surface area contributed by atoms with Crippen molar-refractivity contribution in [1.82, 2.24) is 0 Å². The predicted octanol–water partition coefficient (Wildman–Crippen LogP) is 5.12. The summed E-state index contributed by atoms with van der Waals surface area (Å²) in [5.74, 6) is 0.750. The molecule has 16 heavy (non-hydrogen) atoms. The van der Waals surface area contributed by atoms with Crippen molar-refractivity contribution < 1.29 is 0 Å². The van der Waals surface area contributed by atoms with Gasteiger partial charge in [-0.2, -0.15) is 0 Å². The van der Waals surface area contributed by atoms with E-state index in [1.54, 1.807) is 5.57 Å². The Hall–Kier alpha value is -0.520. The van der Waals surface area contributed by atoms with E-state index >= 15 is 0 Å². The molecule has 1 unspecified atom stereocenters. The molecule has 0 amide bonds. The molecule has 0 N–H and O–H groups in total. The molecule has 0 nitrogen and oxygen atoms in total. The van der Waals surface area contributed by atoms with Crippen LogP contribution in [0.4, 0.5) is 0 Å². The molecule has 2 atom stereocenters. The van der Waals surface area contributed by atoms with Crippen LogP contribution in [0, 0.1) is 16.7 Å². The van der Waals surface area contributed by atoms with Gasteiger partial charge in [0.25, 0.3) is 0 Å². The average molecular weight is 218 g/mol. The number of hydrogen-bond acceptors (Lipinski definition) is 0. The van der Waals surface area contributed by atoms with Crippen LogP contribution < -0.4 is 0 Å². The number of allylic oxidation sites excluding steroid dienone is 3. The van der Waals surface area contributed by atoms with Crippen molar-refractivity contribution in [2.24, 2.45) is 16.7 Å². The van der Waals surface area contributed by atoms with Crippen LogP contribution in [0.5, 0.6) is 0 Å². The lowest BCUT2D eigenvalue weighted by Gasteiger charge is -2.53.